The molecule has 1 N–H and O–H groups in total. The highest BCUT2D eigenvalue weighted by molar-refractivity contribution is 7.89. The first-order valence-electron chi connectivity index (χ1n) is 10.1. The van der Waals surface area contributed by atoms with Gasteiger partial charge in [-0.2, -0.15) is 4.31 Å². The van der Waals surface area contributed by atoms with Crippen LogP contribution in [0.25, 0.3) is 0 Å². The highest BCUT2D eigenvalue weighted by Gasteiger charge is 2.27. The lowest BCUT2D eigenvalue weighted by Crippen LogP contribution is -2.39. The number of halogens is 2. The Morgan fingerprint density at radius 2 is 1.76 bits per heavy atom. The summed E-state index contributed by atoms with van der Waals surface area (Å²) < 4.78 is 60.4. The minimum atomic E-state index is -4.08. The van der Waals surface area contributed by atoms with Crippen molar-refractivity contribution < 1.29 is 26.7 Å². The summed E-state index contributed by atoms with van der Waals surface area (Å²) in [6, 6.07) is 16.3. The highest BCUT2D eigenvalue weighted by atomic mass is 32.2. The standard InChI is InChI=1S/C24H24F2N2O4S/c1-17-14-20(9-11-23(17)32-2)33(30,31)28(13-12-18-6-4-3-5-7-18)16-24(29)27-22-15-19(25)8-10-21(22)26/h3-11,14-15H,12-13,16H2,1-2H3,(H,27,29). The second-order valence-electron chi connectivity index (χ2n) is 7.38. The van der Waals surface area contributed by atoms with Gasteiger partial charge in [-0.15, -0.1) is 0 Å². The number of hydrogen-bond donors (Lipinski definition) is 1. The maximum absolute atomic E-state index is 13.9. The predicted molar refractivity (Wildman–Crippen MR) is 122 cm³/mol. The topological polar surface area (TPSA) is 75.7 Å². The third kappa shape index (κ3) is 6.15. The number of hydrogen-bond acceptors (Lipinski definition) is 4. The zero-order valence-electron chi connectivity index (χ0n) is 18.2. The monoisotopic (exact) mass is 474 g/mol. The Morgan fingerprint density at radius 1 is 1.03 bits per heavy atom. The van der Waals surface area contributed by atoms with E-state index in [1.165, 1.54) is 19.2 Å². The molecule has 0 aliphatic carbocycles. The smallest absolute Gasteiger partial charge is 0.243 e. The largest absolute Gasteiger partial charge is 0.496 e. The van der Waals surface area contributed by atoms with Crippen molar-refractivity contribution in [1.82, 2.24) is 4.31 Å². The molecule has 0 radical (unpaired) electrons. The van der Waals surface area contributed by atoms with Crippen LogP contribution in [-0.4, -0.2) is 38.8 Å². The zero-order chi connectivity index (χ0) is 24.0. The molecule has 174 valence electrons. The molecule has 3 aromatic rings. The Labute approximate surface area is 191 Å². The van der Waals surface area contributed by atoms with Gasteiger partial charge in [0.25, 0.3) is 0 Å². The molecule has 6 nitrogen and oxygen atoms in total. The van der Waals surface area contributed by atoms with E-state index in [4.69, 9.17) is 4.74 Å². The average Bonchev–Trinajstić information content (AvgIpc) is 2.79. The molecule has 0 heterocycles. The number of nitrogens with one attached hydrogen (secondary N) is 1. The third-order valence-electron chi connectivity index (χ3n) is 5.02. The van der Waals surface area contributed by atoms with E-state index in [0.29, 0.717) is 17.7 Å². The van der Waals surface area contributed by atoms with Crippen LogP contribution in [0.2, 0.25) is 0 Å². The van der Waals surface area contributed by atoms with Gasteiger partial charge in [-0.3, -0.25) is 4.79 Å². The fraction of sp³-hybridized carbons (Fsp3) is 0.208. The summed E-state index contributed by atoms with van der Waals surface area (Å²) in [7, 11) is -2.59. The number of amides is 1. The molecule has 0 saturated heterocycles. The van der Waals surface area contributed by atoms with E-state index >= 15 is 0 Å². The van der Waals surface area contributed by atoms with Crippen molar-refractivity contribution in [1.29, 1.82) is 0 Å². The Hall–Kier alpha value is -3.30. The Morgan fingerprint density at radius 3 is 2.42 bits per heavy atom. The van der Waals surface area contributed by atoms with Crippen molar-refractivity contribution in [2.24, 2.45) is 0 Å². The Bertz CT molecular complexity index is 1230. The Kier molecular flexibility index (Phi) is 7.78. The Balaban J connectivity index is 1.87. The third-order valence-corrected chi connectivity index (χ3v) is 6.86. The number of methoxy groups -OCH3 is 1. The van der Waals surface area contributed by atoms with E-state index < -0.39 is 34.1 Å². The van der Waals surface area contributed by atoms with Crippen molar-refractivity contribution in [3.63, 3.8) is 0 Å². The van der Waals surface area contributed by atoms with E-state index in [0.717, 1.165) is 28.1 Å². The number of ether oxygens (including phenoxy) is 1. The average molecular weight is 475 g/mol. The van der Waals surface area contributed by atoms with E-state index in [9.17, 15) is 22.0 Å². The van der Waals surface area contributed by atoms with Crippen molar-refractivity contribution in [3.8, 4) is 5.75 Å². The molecule has 0 fully saturated rings. The van der Waals surface area contributed by atoms with E-state index in [2.05, 4.69) is 5.32 Å². The van der Waals surface area contributed by atoms with Gasteiger partial charge in [0.15, 0.2) is 0 Å². The van der Waals surface area contributed by atoms with Crippen LogP contribution in [0.1, 0.15) is 11.1 Å². The zero-order valence-corrected chi connectivity index (χ0v) is 19.0. The highest BCUT2D eigenvalue weighted by Crippen LogP contribution is 2.24. The number of rotatable bonds is 9. The van der Waals surface area contributed by atoms with Crippen LogP contribution in [0.15, 0.2) is 71.6 Å². The maximum Gasteiger partial charge on any atom is 0.243 e. The van der Waals surface area contributed by atoms with E-state index in [1.807, 2.05) is 30.3 Å². The lowest BCUT2D eigenvalue weighted by Gasteiger charge is -2.22. The summed E-state index contributed by atoms with van der Waals surface area (Å²) in [4.78, 5) is 12.6. The second kappa shape index (κ2) is 10.5. The molecule has 33 heavy (non-hydrogen) atoms. The fourth-order valence-electron chi connectivity index (χ4n) is 3.29. The quantitative estimate of drug-likeness (QED) is 0.506. The van der Waals surface area contributed by atoms with Gasteiger partial charge in [0.2, 0.25) is 15.9 Å². The molecule has 0 saturated carbocycles. The van der Waals surface area contributed by atoms with Crippen molar-refractivity contribution in [3.05, 3.63) is 89.5 Å². The summed E-state index contributed by atoms with van der Waals surface area (Å²) in [6.07, 6.45) is 0.358. The number of anilines is 1. The van der Waals surface area contributed by atoms with Crippen LogP contribution in [0.4, 0.5) is 14.5 Å². The summed E-state index contributed by atoms with van der Waals surface area (Å²) in [5.41, 5.74) is 1.15. The molecule has 0 atom stereocenters. The molecule has 1 amide bonds. The normalized spacial score (nSPS) is 11.4. The number of benzene rings is 3. The summed E-state index contributed by atoms with van der Waals surface area (Å²) in [5, 5.41) is 2.25. The first kappa shape index (κ1) is 24.3. The van der Waals surface area contributed by atoms with Crippen molar-refractivity contribution >= 4 is 21.6 Å². The lowest BCUT2D eigenvalue weighted by atomic mass is 10.1. The van der Waals surface area contributed by atoms with Gasteiger partial charge in [-0.25, -0.2) is 17.2 Å². The minimum Gasteiger partial charge on any atom is -0.496 e. The SMILES string of the molecule is COc1ccc(S(=O)(=O)N(CCc2ccccc2)CC(=O)Nc2cc(F)ccc2F)cc1C. The van der Waals surface area contributed by atoms with Gasteiger partial charge in [0.05, 0.1) is 24.2 Å². The number of carbonyl (C=O) groups excluding carboxylic acids is 1. The minimum absolute atomic E-state index is 0.00130. The molecule has 0 unspecified atom stereocenters. The van der Waals surface area contributed by atoms with Gasteiger partial charge >= 0.3 is 0 Å². The van der Waals surface area contributed by atoms with E-state index in [1.54, 1.807) is 13.0 Å². The van der Waals surface area contributed by atoms with E-state index in [-0.39, 0.29) is 17.1 Å². The van der Waals surface area contributed by atoms with Gasteiger partial charge in [0.1, 0.15) is 17.4 Å². The molecular formula is C24H24F2N2O4S. The second-order valence-corrected chi connectivity index (χ2v) is 9.32. The number of nitrogens with zero attached hydrogens (tertiary/aromatic N) is 1. The van der Waals surface area contributed by atoms with Crippen molar-refractivity contribution in [2.45, 2.75) is 18.2 Å². The maximum atomic E-state index is 13.9. The molecular weight excluding hydrogens is 450 g/mol. The van der Waals surface area contributed by atoms with Gasteiger partial charge in [-0.1, -0.05) is 30.3 Å². The van der Waals surface area contributed by atoms with Crippen LogP contribution in [0.5, 0.6) is 5.75 Å². The predicted octanol–water partition coefficient (Wildman–Crippen LogP) is 4.15. The number of sulfonamides is 1. The molecule has 9 heteroatoms. The number of aryl methyl sites for hydroxylation is 1. The fourth-order valence-corrected chi connectivity index (χ4v) is 4.77. The van der Waals surface area contributed by atoms with Crippen LogP contribution < -0.4 is 10.1 Å². The molecule has 0 aromatic heterocycles. The first-order chi connectivity index (χ1) is 15.7. The molecule has 0 bridgehead atoms. The number of carbonyl (C=O) groups is 1. The van der Waals surface area contributed by atoms with Crippen LogP contribution in [0, 0.1) is 18.6 Å². The van der Waals surface area contributed by atoms with Gasteiger partial charge in [0, 0.05) is 12.6 Å². The van der Waals surface area contributed by atoms with Crippen molar-refractivity contribution in [2.75, 3.05) is 25.5 Å². The summed E-state index contributed by atoms with van der Waals surface area (Å²) >= 11 is 0. The molecule has 3 aromatic carbocycles. The molecule has 0 aliphatic heterocycles. The molecule has 0 aliphatic rings. The van der Waals surface area contributed by atoms with Gasteiger partial charge < -0.3 is 10.1 Å². The summed E-state index contributed by atoms with van der Waals surface area (Å²) in [5.74, 6) is -1.81. The van der Waals surface area contributed by atoms with Crippen LogP contribution in [-0.2, 0) is 21.2 Å². The molecule has 0 spiro atoms. The summed E-state index contributed by atoms with van der Waals surface area (Å²) in [6.45, 7) is 1.15. The lowest BCUT2D eigenvalue weighted by molar-refractivity contribution is -0.116. The van der Waals surface area contributed by atoms with Gasteiger partial charge in [-0.05, 0) is 54.8 Å². The van der Waals surface area contributed by atoms with Crippen LogP contribution >= 0.6 is 0 Å². The first-order valence-corrected chi connectivity index (χ1v) is 11.6. The van der Waals surface area contributed by atoms with Crippen LogP contribution in [0.3, 0.4) is 0 Å². The molecule has 3 rings (SSSR count).